The molecule has 1 aromatic heterocycles. The molecule has 0 aliphatic heterocycles. The molecule has 3 N–H and O–H groups in total. The first-order valence-corrected chi connectivity index (χ1v) is 5.95. The van der Waals surface area contributed by atoms with Crippen LogP contribution in [0.15, 0.2) is 24.4 Å². The van der Waals surface area contributed by atoms with Crippen molar-refractivity contribution in [3.63, 3.8) is 0 Å². The Labute approximate surface area is 106 Å². The van der Waals surface area contributed by atoms with Gasteiger partial charge in [-0.15, -0.1) is 0 Å². The minimum Gasteiger partial charge on any atom is -0.398 e. The molecular weight excluding hydrogens is 226 g/mol. The molecular formula is C14H17N3O. The number of anilines is 1. The zero-order chi connectivity index (χ0) is 13.3. The number of nitrogens with one attached hydrogen (secondary N) is 1. The number of aryl methyl sites for hydroxylation is 1. The summed E-state index contributed by atoms with van der Waals surface area (Å²) in [6.45, 7) is 5.78. The Morgan fingerprint density at radius 1 is 1.39 bits per heavy atom. The monoisotopic (exact) mass is 243 g/mol. The molecule has 4 heteroatoms. The van der Waals surface area contributed by atoms with Crippen molar-refractivity contribution < 1.29 is 4.79 Å². The number of carbonyl (C=O) groups is 1. The van der Waals surface area contributed by atoms with Crippen LogP contribution in [0.1, 0.15) is 29.9 Å². The zero-order valence-corrected chi connectivity index (χ0v) is 10.8. The van der Waals surface area contributed by atoms with Gasteiger partial charge in [0.2, 0.25) is 0 Å². The van der Waals surface area contributed by atoms with E-state index in [-0.39, 0.29) is 11.9 Å². The van der Waals surface area contributed by atoms with Crippen LogP contribution in [0.2, 0.25) is 0 Å². The van der Waals surface area contributed by atoms with Gasteiger partial charge in [-0.1, -0.05) is 12.1 Å². The fraction of sp³-hybridized carbons (Fsp3) is 0.286. The number of amides is 1. The van der Waals surface area contributed by atoms with Gasteiger partial charge in [0.05, 0.1) is 0 Å². The quantitative estimate of drug-likeness (QED) is 0.795. The van der Waals surface area contributed by atoms with Crippen molar-refractivity contribution in [3.8, 4) is 0 Å². The summed E-state index contributed by atoms with van der Waals surface area (Å²) in [5, 5.41) is 4.55. The average molecular weight is 243 g/mol. The van der Waals surface area contributed by atoms with Crippen molar-refractivity contribution in [1.82, 2.24) is 10.3 Å². The van der Waals surface area contributed by atoms with E-state index in [0.29, 0.717) is 11.4 Å². The van der Waals surface area contributed by atoms with Gasteiger partial charge in [-0.25, -0.2) is 0 Å². The van der Waals surface area contributed by atoms with E-state index in [1.54, 1.807) is 6.20 Å². The standard InChI is InChI=1S/C14H17N3O/c1-8(2)17-14(18)13-10-5-4-6-11(15)12(10)9(3)7-16-13/h4-8H,15H2,1-3H3,(H,17,18). The summed E-state index contributed by atoms with van der Waals surface area (Å²) >= 11 is 0. The van der Waals surface area contributed by atoms with E-state index in [2.05, 4.69) is 10.3 Å². The van der Waals surface area contributed by atoms with Crippen molar-refractivity contribution >= 4 is 22.4 Å². The lowest BCUT2D eigenvalue weighted by Crippen LogP contribution is -2.31. The molecule has 94 valence electrons. The van der Waals surface area contributed by atoms with Gasteiger partial charge in [-0.3, -0.25) is 9.78 Å². The Hall–Kier alpha value is -2.10. The van der Waals surface area contributed by atoms with Gasteiger partial charge < -0.3 is 11.1 Å². The van der Waals surface area contributed by atoms with Crippen molar-refractivity contribution in [2.45, 2.75) is 26.8 Å². The van der Waals surface area contributed by atoms with Gasteiger partial charge in [0.15, 0.2) is 0 Å². The van der Waals surface area contributed by atoms with E-state index in [4.69, 9.17) is 5.73 Å². The van der Waals surface area contributed by atoms with Crippen LogP contribution in [0.3, 0.4) is 0 Å². The molecule has 0 aliphatic carbocycles. The molecule has 0 saturated carbocycles. The van der Waals surface area contributed by atoms with E-state index in [9.17, 15) is 4.79 Å². The summed E-state index contributed by atoms with van der Waals surface area (Å²) in [5.74, 6) is -0.166. The minimum atomic E-state index is -0.166. The molecule has 1 amide bonds. The number of hydrogen-bond donors (Lipinski definition) is 2. The predicted molar refractivity (Wildman–Crippen MR) is 73.5 cm³/mol. The number of benzene rings is 1. The fourth-order valence-corrected chi connectivity index (χ4v) is 2.01. The van der Waals surface area contributed by atoms with Gasteiger partial charge in [0, 0.05) is 28.7 Å². The highest BCUT2D eigenvalue weighted by atomic mass is 16.1. The van der Waals surface area contributed by atoms with Gasteiger partial charge in [-0.2, -0.15) is 0 Å². The van der Waals surface area contributed by atoms with Crippen LogP contribution < -0.4 is 11.1 Å². The smallest absolute Gasteiger partial charge is 0.270 e. The van der Waals surface area contributed by atoms with Crippen LogP contribution in [-0.4, -0.2) is 16.9 Å². The third-order valence-electron chi connectivity index (χ3n) is 2.77. The summed E-state index contributed by atoms with van der Waals surface area (Å²) < 4.78 is 0. The first kappa shape index (κ1) is 12.4. The molecule has 1 heterocycles. The number of nitrogens with two attached hydrogens (primary N) is 1. The lowest BCUT2D eigenvalue weighted by Gasteiger charge is -2.12. The number of rotatable bonds is 2. The SMILES string of the molecule is Cc1cnc(C(=O)NC(C)C)c2cccc(N)c12. The lowest BCUT2D eigenvalue weighted by atomic mass is 10.0. The maximum atomic E-state index is 12.1. The van der Waals surface area contributed by atoms with E-state index < -0.39 is 0 Å². The van der Waals surface area contributed by atoms with E-state index in [0.717, 1.165) is 16.3 Å². The third kappa shape index (κ3) is 2.14. The third-order valence-corrected chi connectivity index (χ3v) is 2.77. The maximum absolute atomic E-state index is 12.1. The summed E-state index contributed by atoms with van der Waals surface area (Å²) in [4.78, 5) is 16.3. The van der Waals surface area contributed by atoms with Crippen molar-refractivity contribution in [3.05, 3.63) is 35.7 Å². The molecule has 0 saturated heterocycles. The highest BCUT2D eigenvalue weighted by molar-refractivity contribution is 6.09. The van der Waals surface area contributed by atoms with Crippen LogP contribution in [-0.2, 0) is 0 Å². The highest BCUT2D eigenvalue weighted by Crippen LogP contribution is 2.26. The highest BCUT2D eigenvalue weighted by Gasteiger charge is 2.14. The summed E-state index contributed by atoms with van der Waals surface area (Å²) in [6, 6.07) is 5.63. The van der Waals surface area contributed by atoms with Crippen LogP contribution in [0.5, 0.6) is 0 Å². The van der Waals surface area contributed by atoms with Crippen LogP contribution >= 0.6 is 0 Å². The van der Waals surface area contributed by atoms with E-state index in [1.807, 2.05) is 39.0 Å². The second-order valence-electron chi connectivity index (χ2n) is 4.69. The molecule has 0 radical (unpaired) electrons. The van der Waals surface area contributed by atoms with Crippen LogP contribution in [0.25, 0.3) is 10.8 Å². The Bertz CT molecular complexity index is 597. The normalized spacial score (nSPS) is 10.9. The maximum Gasteiger partial charge on any atom is 0.270 e. The van der Waals surface area contributed by atoms with Gasteiger partial charge in [0.25, 0.3) is 5.91 Å². The van der Waals surface area contributed by atoms with E-state index in [1.165, 1.54) is 0 Å². The van der Waals surface area contributed by atoms with Crippen molar-refractivity contribution in [2.75, 3.05) is 5.73 Å². The molecule has 18 heavy (non-hydrogen) atoms. The molecule has 0 spiro atoms. The number of fused-ring (bicyclic) bond motifs is 1. The molecule has 0 fully saturated rings. The Morgan fingerprint density at radius 2 is 2.11 bits per heavy atom. The van der Waals surface area contributed by atoms with E-state index >= 15 is 0 Å². The van der Waals surface area contributed by atoms with Crippen LogP contribution in [0.4, 0.5) is 5.69 Å². The second kappa shape index (κ2) is 4.64. The van der Waals surface area contributed by atoms with Crippen molar-refractivity contribution in [2.24, 2.45) is 0 Å². The van der Waals surface area contributed by atoms with Gasteiger partial charge in [0.1, 0.15) is 5.69 Å². The molecule has 0 atom stereocenters. The molecule has 0 aliphatic rings. The molecule has 2 rings (SSSR count). The molecule has 1 aromatic carbocycles. The summed E-state index contributed by atoms with van der Waals surface area (Å²) in [6.07, 6.45) is 1.69. The Kier molecular flexibility index (Phi) is 3.19. The summed E-state index contributed by atoms with van der Waals surface area (Å²) in [7, 11) is 0. The first-order chi connectivity index (χ1) is 8.50. The van der Waals surface area contributed by atoms with Gasteiger partial charge in [-0.05, 0) is 32.4 Å². The largest absolute Gasteiger partial charge is 0.398 e. The topological polar surface area (TPSA) is 68.0 Å². The Balaban J connectivity index is 2.63. The number of aromatic nitrogens is 1. The molecule has 0 unspecified atom stereocenters. The number of nitrogen functional groups attached to an aromatic ring is 1. The van der Waals surface area contributed by atoms with Crippen molar-refractivity contribution in [1.29, 1.82) is 0 Å². The van der Waals surface area contributed by atoms with Crippen LogP contribution in [0, 0.1) is 6.92 Å². The first-order valence-electron chi connectivity index (χ1n) is 5.95. The molecule has 4 nitrogen and oxygen atoms in total. The minimum absolute atomic E-state index is 0.0803. The fourth-order valence-electron chi connectivity index (χ4n) is 2.01. The number of nitrogens with zero attached hydrogens (tertiary/aromatic N) is 1. The summed E-state index contributed by atoms with van der Waals surface area (Å²) in [5.41, 5.74) is 8.04. The lowest BCUT2D eigenvalue weighted by molar-refractivity contribution is 0.0940. The number of carbonyl (C=O) groups excluding carboxylic acids is 1. The molecule has 0 bridgehead atoms. The molecule has 2 aromatic rings. The Morgan fingerprint density at radius 3 is 2.78 bits per heavy atom. The zero-order valence-electron chi connectivity index (χ0n) is 10.8. The number of hydrogen-bond acceptors (Lipinski definition) is 3. The second-order valence-corrected chi connectivity index (χ2v) is 4.69. The average Bonchev–Trinajstić information content (AvgIpc) is 2.28. The van der Waals surface area contributed by atoms with Gasteiger partial charge >= 0.3 is 0 Å². The number of pyridine rings is 1. The predicted octanol–water partition coefficient (Wildman–Crippen LogP) is 2.26.